The number of carbonyl (C=O) groups excluding carboxylic acids is 2. The number of amides is 2. The van der Waals surface area contributed by atoms with Crippen molar-refractivity contribution in [3.05, 3.63) is 41.2 Å². The molecule has 1 atom stereocenters. The molecule has 0 saturated carbocycles. The highest BCUT2D eigenvalue weighted by Crippen LogP contribution is 2.23. The Bertz CT molecular complexity index is 776. The van der Waals surface area contributed by atoms with E-state index in [1.807, 2.05) is 18.2 Å². The van der Waals surface area contributed by atoms with Crippen LogP contribution in [0.2, 0.25) is 5.02 Å². The van der Waals surface area contributed by atoms with E-state index in [-0.39, 0.29) is 17.5 Å². The molecule has 0 radical (unpaired) electrons. The smallest absolute Gasteiger partial charge is 0.276 e. The van der Waals surface area contributed by atoms with E-state index < -0.39 is 0 Å². The SMILES string of the molecule is NC(=O)CCC1CCCN(C(=O)c2cn(-c3ccccc3Cl)nn2)C1. The van der Waals surface area contributed by atoms with Crippen LogP contribution in [0.4, 0.5) is 0 Å². The quantitative estimate of drug-likeness (QED) is 0.881. The molecule has 0 bridgehead atoms. The van der Waals surface area contributed by atoms with E-state index in [1.165, 1.54) is 4.68 Å². The lowest BCUT2D eigenvalue weighted by atomic mass is 9.93. The Morgan fingerprint density at radius 3 is 2.88 bits per heavy atom. The van der Waals surface area contributed by atoms with Gasteiger partial charge in [0, 0.05) is 19.5 Å². The highest BCUT2D eigenvalue weighted by atomic mass is 35.5. The predicted octanol–water partition coefficient (Wildman–Crippen LogP) is 2.04. The van der Waals surface area contributed by atoms with Crippen molar-refractivity contribution >= 4 is 23.4 Å². The molecular formula is C17H20ClN5O2. The lowest BCUT2D eigenvalue weighted by Crippen LogP contribution is -2.40. The number of hydrogen-bond donors (Lipinski definition) is 1. The van der Waals surface area contributed by atoms with Crippen molar-refractivity contribution in [3.8, 4) is 5.69 Å². The summed E-state index contributed by atoms with van der Waals surface area (Å²) in [5.74, 6) is -0.156. The van der Waals surface area contributed by atoms with Gasteiger partial charge in [-0.3, -0.25) is 9.59 Å². The first-order valence-corrected chi connectivity index (χ1v) is 8.67. The third kappa shape index (κ3) is 4.17. The largest absolute Gasteiger partial charge is 0.370 e. The van der Waals surface area contributed by atoms with Crippen LogP contribution in [0.25, 0.3) is 5.69 Å². The maximum atomic E-state index is 12.7. The van der Waals surface area contributed by atoms with Crippen molar-refractivity contribution < 1.29 is 9.59 Å². The van der Waals surface area contributed by atoms with E-state index in [9.17, 15) is 9.59 Å². The predicted molar refractivity (Wildman–Crippen MR) is 93.4 cm³/mol. The lowest BCUT2D eigenvalue weighted by molar-refractivity contribution is -0.118. The second-order valence-corrected chi connectivity index (χ2v) is 6.67. The van der Waals surface area contributed by atoms with E-state index in [1.54, 1.807) is 17.2 Å². The minimum atomic E-state index is -0.300. The van der Waals surface area contributed by atoms with Gasteiger partial charge in [-0.1, -0.05) is 28.9 Å². The van der Waals surface area contributed by atoms with Crippen molar-refractivity contribution in [1.82, 2.24) is 19.9 Å². The molecule has 1 saturated heterocycles. The van der Waals surface area contributed by atoms with Crippen LogP contribution in [0.15, 0.2) is 30.5 Å². The average Bonchev–Trinajstić information content (AvgIpc) is 3.10. The number of likely N-dealkylation sites (tertiary alicyclic amines) is 1. The number of benzene rings is 1. The van der Waals surface area contributed by atoms with E-state index in [0.29, 0.717) is 42.6 Å². The number of piperidine rings is 1. The lowest BCUT2D eigenvalue weighted by Gasteiger charge is -2.32. The van der Waals surface area contributed by atoms with E-state index in [2.05, 4.69) is 10.3 Å². The van der Waals surface area contributed by atoms with Crippen molar-refractivity contribution in [2.75, 3.05) is 13.1 Å². The summed E-state index contributed by atoms with van der Waals surface area (Å²) in [6.07, 6.45) is 4.58. The number of carbonyl (C=O) groups is 2. The number of primary amides is 1. The Balaban J connectivity index is 1.69. The Labute approximate surface area is 150 Å². The summed E-state index contributed by atoms with van der Waals surface area (Å²) >= 11 is 6.15. The molecule has 1 aliphatic heterocycles. The first-order chi connectivity index (χ1) is 12.0. The molecule has 2 amide bonds. The van der Waals surface area contributed by atoms with Crippen molar-refractivity contribution in [1.29, 1.82) is 0 Å². The number of nitrogens with two attached hydrogens (primary N) is 1. The summed E-state index contributed by atoms with van der Waals surface area (Å²) in [5, 5.41) is 8.55. The summed E-state index contributed by atoms with van der Waals surface area (Å²) in [6, 6.07) is 7.24. The Morgan fingerprint density at radius 2 is 2.12 bits per heavy atom. The summed E-state index contributed by atoms with van der Waals surface area (Å²) in [4.78, 5) is 25.4. The fraction of sp³-hybridized carbons (Fsp3) is 0.412. The van der Waals surface area contributed by atoms with Gasteiger partial charge >= 0.3 is 0 Å². The first-order valence-electron chi connectivity index (χ1n) is 8.29. The van der Waals surface area contributed by atoms with Gasteiger partial charge in [-0.25, -0.2) is 4.68 Å². The number of halogens is 1. The van der Waals surface area contributed by atoms with Gasteiger partial charge < -0.3 is 10.6 Å². The van der Waals surface area contributed by atoms with Gasteiger partial charge in [-0.2, -0.15) is 0 Å². The van der Waals surface area contributed by atoms with E-state index >= 15 is 0 Å². The molecule has 1 fully saturated rings. The molecule has 1 aromatic carbocycles. The molecule has 1 aliphatic rings. The van der Waals surface area contributed by atoms with Crippen LogP contribution >= 0.6 is 11.6 Å². The van der Waals surface area contributed by atoms with Gasteiger partial charge in [-0.15, -0.1) is 5.10 Å². The van der Waals surface area contributed by atoms with Crippen LogP contribution in [0.1, 0.15) is 36.2 Å². The van der Waals surface area contributed by atoms with Crippen LogP contribution in [-0.2, 0) is 4.79 Å². The normalized spacial score (nSPS) is 17.5. The van der Waals surface area contributed by atoms with Gasteiger partial charge in [0.1, 0.15) is 0 Å². The monoisotopic (exact) mass is 361 g/mol. The third-order valence-electron chi connectivity index (χ3n) is 4.42. The highest BCUT2D eigenvalue weighted by molar-refractivity contribution is 6.32. The zero-order chi connectivity index (χ0) is 17.8. The molecule has 2 N–H and O–H groups in total. The molecule has 25 heavy (non-hydrogen) atoms. The zero-order valence-electron chi connectivity index (χ0n) is 13.8. The second kappa shape index (κ2) is 7.65. The maximum absolute atomic E-state index is 12.7. The molecule has 2 aromatic rings. The molecule has 2 heterocycles. The summed E-state index contributed by atoms with van der Waals surface area (Å²) in [7, 11) is 0. The highest BCUT2D eigenvalue weighted by Gasteiger charge is 2.26. The van der Waals surface area contributed by atoms with Crippen LogP contribution in [0, 0.1) is 5.92 Å². The molecule has 0 aliphatic carbocycles. The molecule has 7 nitrogen and oxygen atoms in total. The Kier molecular flexibility index (Phi) is 5.33. The number of para-hydroxylation sites is 1. The first kappa shape index (κ1) is 17.4. The average molecular weight is 362 g/mol. The summed E-state index contributed by atoms with van der Waals surface area (Å²) < 4.78 is 1.50. The molecule has 1 aromatic heterocycles. The second-order valence-electron chi connectivity index (χ2n) is 6.26. The van der Waals surface area contributed by atoms with Gasteiger partial charge in [-0.05, 0) is 37.3 Å². The molecule has 0 spiro atoms. The number of nitrogens with zero attached hydrogens (tertiary/aromatic N) is 4. The Morgan fingerprint density at radius 1 is 1.32 bits per heavy atom. The number of aromatic nitrogens is 3. The van der Waals surface area contributed by atoms with Crippen LogP contribution in [0.5, 0.6) is 0 Å². The van der Waals surface area contributed by atoms with Crippen molar-refractivity contribution in [3.63, 3.8) is 0 Å². The van der Waals surface area contributed by atoms with Gasteiger partial charge in [0.05, 0.1) is 16.9 Å². The standard InChI is InChI=1S/C17H20ClN5O2/c18-13-5-1-2-6-15(13)23-11-14(20-21-23)17(25)22-9-3-4-12(10-22)7-8-16(19)24/h1-2,5-6,11-12H,3-4,7-10H2,(H2,19,24). The topological polar surface area (TPSA) is 94.1 Å². The van der Waals surface area contributed by atoms with Gasteiger partial charge in [0.2, 0.25) is 5.91 Å². The Hall–Kier alpha value is -2.41. The number of rotatable bonds is 5. The van der Waals surface area contributed by atoms with E-state index in [0.717, 1.165) is 12.8 Å². The van der Waals surface area contributed by atoms with Crippen LogP contribution in [0.3, 0.4) is 0 Å². The summed E-state index contributed by atoms with van der Waals surface area (Å²) in [6.45, 7) is 1.30. The zero-order valence-corrected chi connectivity index (χ0v) is 14.5. The van der Waals surface area contributed by atoms with Gasteiger partial charge in [0.15, 0.2) is 5.69 Å². The molecular weight excluding hydrogens is 342 g/mol. The van der Waals surface area contributed by atoms with Gasteiger partial charge in [0.25, 0.3) is 5.91 Å². The molecule has 8 heteroatoms. The van der Waals surface area contributed by atoms with Crippen molar-refractivity contribution in [2.24, 2.45) is 11.7 Å². The van der Waals surface area contributed by atoms with Crippen LogP contribution < -0.4 is 5.73 Å². The molecule has 132 valence electrons. The van der Waals surface area contributed by atoms with E-state index in [4.69, 9.17) is 17.3 Å². The maximum Gasteiger partial charge on any atom is 0.276 e. The fourth-order valence-electron chi connectivity index (χ4n) is 3.11. The van der Waals surface area contributed by atoms with Crippen molar-refractivity contribution in [2.45, 2.75) is 25.7 Å². The minimum absolute atomic E-state index is 0.151. The minimum Gasteiger partial charge on any atom is -0.370 e. The summed E-state index contributed by atoms with van der Waals surface area (Å²) in [5.41, 5.74) is 6.18. The molecule has 3 rings (SSSR count). The fourth-order valence-corrected chi connectivity index (χ4v) is 3.33. The van der Waals surface area contributed by atoms with Crippen LogP contribution in [-0.4, -0.2) is 44.8 Å². The number of hydrogen-bond acceptors (Lipinski definition) is 4. The molecule has 1 unspecified atom stereocenters. The third-order valence-corrected chi connectivity index (χ3v) is 4.74.